The van der Waals surface area contributed by atoms with Crippen LogP contribution in [0.2, 0.25) is 5.02 Å². The van der Waals surface area contributed by atoms with E-state index in [-0.39, 0.29) is 22.1 Å². The van der Waals surface area contributed by atoms with Crippen LogP contribution in [0.1, 0.15) is 24.8 Å². The molecule has 2 unspecified atom stereocenters. The van der Waals surface area contributed by atoms with Crippen LogP contribution in [0.4, 0.5) is 43.4 Å². The van der Waals surface area contributed by atoms with E-state index in [4.69, 9.17) is 17.3 Å². The summed E-state index contributed by atoms with van der Waals surface area (Å²) in [5.74, 6) is -4.35. The van der Waals surface area contributed by atoms with Crippen molar-refractivity contribution in [2.45, 2.75) is 37.7 Å². The van der Waals surface area contributed by atoms with Crippen LogP contribution < -0.4 is 21.3 Å². The standard InChI is InChI=1S/C23H21ClF6N4O3.C6H6/c24-15-5-2-6-17-19(15)33-21(37)16(11-34(17)14-4-1-3-13(10-14)23(28,29)30)32-20(36)12(9-18(31)35)7-8-22(25,26)27;1-2-4-6-5-3-1/h1-6,10,12,16H,7-9,11H2,(H2,31,35)(H,32,36)(H,33,37);1-6H. The predicted octanol–water partition coefficient (Wildman–Crippen LogP) is 6.45. The lowest BCUT2D eigenvalue weighted by atomic mass is 9.97. The van der Waals surface area contributed by atoms with Crippen LogP contribution in [0, 0.1) is 5.92 Å². The van der Waals surface area contributed by atoms with Crippen LogP contribution in [0.5, 0.6) is 0 Å². The van der Waals surface area contributed by atoms with Crippen LogP contribution in [0.25, 0.3) is 0 Å². The second-order valence-corrected chi connectivity index (χ2v) is 9.93. The number of nitrogens with one attached hydrogen (secondary N) is 2. The largest absolute Gasteiger partial charge is 0.416 e. The summed E-state index contributed by atoms with van der Waals surface area (Å²) >= 11 is 6.22. The average Bonchev–Trinajstić information content (AvgIpc) is 3.08. The molecule has 0 bridgehead atoms. The molecular formula is C29H27ClF6N4O3. The van der Waals surface area contributed by atoms with E-state index in [2.05, 4.69) is 10.6 Å². The number of nitrogens with two attached hydrogens (primary N) is 1. The quantitative estimate of drug-likeness (QED) is 0.262. The second kappa shape index (κ2) is 14.3. The van der Waals surface area contributed by atoms with Crippen molar-refractivity contribution >= 4 is 46.4 Å². The van der Waals surface area contributed by atoms with E-state index in [1.807, 2.05) is 36.4 Å². The Hall–Kier alpha value is -4.26. The molecule has 1 aliphatic heterocycles. The average molecular weight is 629 g/mol. The fourth-order valence-corrected chi connectivity index (χ4v) is 4.44. The van der Waals surface area contributed by atoms with Crippen LogP contribution in [0.15, 0.2) is 78.9 Å². The lowest BCUT2D eigenvalue weighted by Crippen LogP contribution is -2.50. The van der Waals surface area contributed by atoms with Crippen LogP contribution in [0.3, 0.4) is 0 Å². The molecule has 0 radical (unpaired) electrons. The monoisotopic (exact) mass is 628 g/mol. The molecule has 14 heteroatoms. The summed E-state index contributed by atoms with van der Waals surface area (Å²) in [5.41, 5.74) is 4.42. The van der Waals surface area contributed by atoms with Gasteiger partial charge in [0.05, 0.1) is 28.5 Å². The maximum atomic E-state index is 13.4. The third-order valence-corrected chi connectivity index (χ3v) is 6.59. The Kier molecular flexibility index (Phi) is 11.0. The first-order valence-corrected chi connectivity index (χ1v) is 13.2. The SMILES string of the molecule is NC(=O)CC(CCC(F)(F)F)C(=O)NC1CN(c2cccc(C(F)(F)F)c2)c2cccc(Cl)c2NC1=O.c1ccccc1. The highest BCUT2D eigenvalue weighted by Gasteiger charge is 2.36. The molecule has 0 aromatic heterocycles. The number of hydrogen-bond donors (Lipinski definition) is 3. The Morgan fingerprint density at radius 3 is 2.14 bits per heavy atom. The summed E-state index contributed by atoms with van der Waals surface area (Å²) in [6, 6.07) is 19.2. The van der Waals surface area contributed by atoms with Gasteiger partial charge in [0.2, 0.25) is 17.7 Å². The summed E-state index contributed by atoms with van der Waals surface area (Å²) in [4.78, 5) is 38.5. The van der Waals surface area contributed by atoms with Crippen molar-refractivity contribution in [3.8, 4) is 0 Å². The van der Waals surface area contributed by atoms with Crippen molar-refractivity contribution in [3.05, 3.63) is 89.4 Å². The van der Waals surface area contributed by atoms with Crippen molar-refractivity contribution in [2.75, 3.05) is 16.8 Å². The normalized spacial score (nSPS) is 15.7. The number of carbonyl (C=O) groups is 3. The molecule has 1 heterocycles. The molecule has 0 spiro atoms. The van der Waals surface area contributed by atoms with Gasteiger partial charge in [0, 0.05) is 24.4 Å². The van der Waals surface area contributed by atoms with Crippen molar-refractivity contribution in [3.63, 3.8) is 0 Å². The molecule has 3 aromatic carbocycles. The zero-order chi connectivity index (χ0) is 31.8. The Balaban J connectivity index is 0.000000749. The minimum absolute atomic E-state index is 0.0137. The number of alkyl halides is 6. The number of carbonyl (C=O) groups excluding carboxylic acids is 3. The Morgan fingerprint density at radius 1 is 0.977 bits per heavy atom. The topological polar surface area (TPSA) is 105 Å². The minimum Gasteiger partial charge on any atom is -0.370 e. The Labute approximate surface area is 248 Å². The third kappa shape index (κ3) is 9.91. The fourth-order valence-electron chi connectivity index (χ4n) is 4.22. The van der Waals surface area contributed by atoms with E-state index in [9.17, 15) is 40.7 Å². The molecule has 230 valence electrons. The molecule has 3 amide bonds. The van der Waals surface area contributed by atoms with Gasteiger partial charge < -0.3 is 21.3 Å². The number of benzene rings is 3. The number of hydrogen-bond acceptors (Lipinski definition) is 4. The first-order valence-electron chi connectivity index (χ1n) is 12.9. The van der Waals surface area contributed by atoms with E-state index in [1.165, 1.54) is 29.2 Å². The summed E-state index contributed by atoms with van der Waals surface area (Å²) in [7, 11) is 0. The summed E-state index contributed by atoms with van der Waals surface area (Å²) in [6.45, 7) is -0.394. The van der Waals surface area contributed by atoms with Crippen molar-refractivity contribution in [1.82, 2.24) is 5.32 Å². The van der Waals surface area contributed by atoms with Gasteiger partial charge >= 0.3 is 12.4 Å². The minimum atomic E-state index is -4.67. The molecule has 3 aromatic rings. The molecule has 0 saturated heterocycles. The lowest BCUT2D eigenvalue weighted by molar-refractivity contribution is -0.143. The first-order chi connectivity index (χ1) is 20.2. The van der Waals surface area contributed by atoms with Crippen LogP contribution >= 0.6 is 11.6 Å². The predicted molar refractivity (Wildman–Crippen MR) is 149 cm³/mol. The molecule has 0 fully saturated rings. The molecule has 0 saturated carbocycles. The number of rotatable bonds is 7. The first kappa shape index (κ1) is 33.2. The number of amides is 3. The van der Waals surface area contributed by atoms with Crippen molar-refractivity contribution in [1.29, 1.82) is 0 Å². The molecule has 4 rings (SSSR count). The number of fused-ring (bicyclic) bond motifs is 1. The van der Waals surface area contributed by atoms with Crippen LogP contribution in [-0.2, 0) is 20.6 Å². The van der Waals surface area contributed by atoms with Crippen LogP contribution in [-0.4, -0.2) is 36.5 Å². The molecule has 7 nitrogen and oxygen atoms in total. The van der Waals surface area contributed by atoms with E-state index in [1.54, 1.807) is 0 Å². The van der Waals surface area contributed by atoms with Crippen molar-refractivity contribution in [2.24, 2.45) is 11.7 Å². The second-order valence-electron chi connectivity index (χ2n) is 9.52. The Bertz CT molecular complexity index is 1390. The van der Waals surface area contributed by atoms with Gasteiger partial charge in [-0.05, 0) is 36.8 Å². The maximum absolute atomic E-state index is 13.4. The number of para-hydroxylation sites is 1. The number of anilines is 3. The molecule has 0 aliphatic carbocycles. The van der Waals surface area contributed by atoms with Gasteiger partial charge in [0.15, 0.2) is 0 Å². The molecular weight excluding hydrogens is 602 g/mol. The van der Waals surface area contributed by atoms with E-state index in [0.29, 0.717) is 0 Å². The summed E-state index contributed by atoms with van der Waals surface area (Å²) < 4.78 is 78.2. The van der Waals surface area contributed by atoms with E-state index in [0.717, 1.165) is 18.2 Å². The van der Waals surface area contributed by atoms with Gasteiger partial charge in [-0.1, -0.05) is 60.1 Å². The highest BCUT2D eigenvalue weighted by molar-refractivity contribution is 6.34. The van der Waals surface area contributed by atoms with E-state index < -0.39 is 73.4 Å². The van der Waals surface area contributed by atoms with Gasteiger partial charge in [-0.3, -0.25) is 14.4 Å². The number of primary amides is 1. The summed E-state index contributed by atoms with van der Waals surface area (Å²) in [6.07, 6.45) is -12.1. The smallest absolute Gasteiger partial charge is 0.370 e. The number of nitrogens with zero attached hydrogens (tertiary/aromatic N) is 1. The Morgan fingerprint density at radius 2 is 1.58 bits per heavy atom. The van der Waals surface area contributed by atoms with Gasteiger partial charge in [-0.15, -0.1) is 0 Å². The summed E-state index contributed by atoms with van der Waals surface area (Å²) in [5, 5.41) is 4.88. The van der Waals surface area contributed by atoms with Crippen molar-refractivity contribution < 1.29 is 40.7 Å². The highest BCUT2D eigenvalue weighted by Crippen LogP contribution is 2.40. The fraction of sp³-hybridized carbons (Fsp3) is 0.276. The third-order valence-electron chi connectivity index (χ3n) is 6.28. The molecule has 4 N–H and O–H groups in total. The van der Waals surface area contributed by atoms with E-state index >= 15 is 0 Å². The molecule has 1 aliphatic rings. The molecule has 43 heavy (non-hydrogen) atoms. The maximum Gasteiger partial charge on any atom is 0.416 e. The number of halogens is 7. The zero-order valence-electron chi connectivity index (χ0n) is 22.4. The highest BCUT2D eigenvalue weighted by atomic mass is 35.5. The van der Waals surface area contributed by atoms with Gasteiger partial charge in [-0.2, -0.15) is 26.3 Å². The van der Waals surface area contributed by atoms with Gasteiger partial charge in [0.25, 0.3) is 0 Å². The molecule has 2 atom stereocenters. The van der Waals surface area contributed by atoms with Gasteiger partial charge in [0.1, 0.15) is 6.04 Å². The zero-order valence-corrected chi connectivity index (χ0v) is 23.1. The van der Waals surface area contributed by atoms with Gasteiger partial charge in [-0.25, -0.2) is 0 Å². The lowest BCUT2D eigenvalue weighted by Gasteiger charge is -2.28.